The zero-order valence-corrected chi connectivity index (χ0v) is 13.2. The molecular weight excluding hydrogens is 313 g/mol. The molecule has 21 heavy (non-hydrogen) atoms. The van der Waals surface area contributed by atoms with Gasteiger partial charge in [-0.2, -0.15) is 0 Å². The fourth-order valence-corrected chi connectivity index (χ4v) is 2.59. The van der Waals surface area contributed by atoms with Crippen molar-refractivity contribution in [3.05, 3.63) is 33.8 Å². The van der Waals surface area contributed by atoms with Crippen LogP contribution < -0.4 is 5.32 Å². The lowest BCUT2D eigenvalue weighted by Crippen LogP contribution is -2.27. The molecule has 1 aliphatic carbocycles. The Balaban J connectivity index is 1.70. The maximum absolute atomic E-state index is 12.0. The normalized spacial score (nSPS) is 20.3. The van der Waals surface area contributed by atoms with E-state index in [9.17, 15) is 4.79 Å². The van der Waals surface area contributed by atoms with Gasteiger partial charge in [0.05, 0.1) is 23.3 Å². The number of halogens is 2. The van der Waals surface area contributed by atoms with Crippen molar-refractivity contribution in [2.24, 2.45) is 5.92 Å². The minimum Gasteiger partial charge on any atom is -0.394 e. The summed E-state index contributed by atoms with van der Waals surface area (Å²) >= 11 is 11.9. The van der Waals surface area contributed by atoms with Crippen LogP contribution in [0.5, 0.6) is 0 Å². The third-order valence-electron chi connectivity index (χ3n) is 3.50. The van der Waals surface area contributed by atoms with Gasteiger partial charge in [-0.25, -0.2) is 0 Å². The summed E-state index contributed by atoms with van der Waals surface area (Å²) in [6.45, 7) is 1.51. The molecule has 1 aliphatic rings. The van der Waals surface area contributed by atoms with Gasteiger partial charge in [0.2, 0.25) is 5.91 Å². The van der Waals surface area contributed by atoms with E-state index in [4.69, 9.17) is 33.0 Å². The fraction of sp³-hybridized carbons (Fsp3) is 0.533. The molecule has 2 unspecified atom stereocenters. The number of ether oxygens (including phenoxy) is 1. The number of hydrogen-bond donors (Lipinski definition) is 2. The Morgan fingerprint density at radius 3 is 2.86 bits per heavy atom. The Labute approximate surface area is 134 Å². The average molecular weight is 332 g/mol. The van der Waals surface area contributed by atoms with E-state index < -0.39 is 0 Å². The zero-order valence-electron chi connectivity index (χ0n) is 11.6. The van der Waals surface area contributed by atoms with Crippen LogP contribution in [0.1, 0.15) is 24.3 Å². The Kier molecular flexibility index (Phi) is 6.30. The van der Waals surface area contributed by atoms with Gasteiger partial charge in [-0.1, -0.05) is 29.3 Å². The monoisotopic (exact) mass is 331 g/mol. The van der Waals surface area contributed by atoms with E-state index in [1.807, 2.05) is 12.1 Å². The molecule has 2 rings (SSSR count). The summed E-state index contributed by atoms with van der Waals surface area (Å²) in [6, 6.07) is 5.53. The van der Waals surface area contributed by atoms with Crippen LogP contribution in [0, 0.1) is 5.92 Å². The van der Waals surface area contributed by atoms with Crippen molar-refractivity contribution in [1.82, 2.24) is 5.32 Å². The number of amides is 1. The first-order valence-corrected chi connectivity index (χ1v) is 7.80. The maximum atomic E-state index is 12.0. The van der Waals surface area contributed by atoms with Gasteiger partial charge in [-0.05, 0) is 36.5 Å². The van der Waals surface area contributed by atoms with Crippen molar-refractivity contribution < 1.29 is 14.6 Å². The standard InChI is InChI=1S/C15H19Cl2NO3/c16-13-3-2-10(8-14(13)17)11-9-12(11)15(20)18-4-1-6-21-7-5-19/h2-3,8,11-12,19H,1,4-7,9H2,(H,18,20). The maximum Gasteiger partial charge on any atom is 0.223 e. The number of carbonyl (C=O) groups is 1. The zero-order chi connectivity index (χ0) is 15.2. The lowest BCUT2D eigenvalue weighted by molar-refractivity contribution is -0.122. The highest BCUT2D eigenvalue weighted by molar-refractivity contribution is 6.42. The summed E-state index contributed by atoms with van der Waals surface area (Å²) in [5, 5.41) is 12.5. The van der Waals surface area contributed by atoms with Crippen LogP contribution in [0.4, 0.5) is 0 Å². The molecule has 0 aliphatic heterocycles. The van der Waals surface area contributed by atoms with E-state index in [1.165, 1.54) is 0 Å². The molecule has 0 spiro atoms. The molecule has 4 nitrogen and oxygen atoms in total. The summed E-state index contributed by atoms with van der Waals surface area (Å²) in [6.07, 6.45) is 1.60. The lowest BCUT2D eigenvalue weighted by atomic mass is 10.1. The van der Waals surface area contributed by atoms with Crippen LogP contribution in [-0.2, 0) is 9.53 Å². The number of aliphatic hydroxyl groups excluding tert-OH is 1. The predicted molar refractivity (Wildman–Crippen MR) is 82.8 cm³/mol. The van der Waals surface area contributed by atoms with E-state index in [0.29, 0.717) is 29.8 Å². The molecule has 2 N–H and O–H groups in total. The third kappa shape index (κ3) is 4.85. The van der Waals surface area contributed by atoms with Crippen molar-refractivity contribution in [2.75, 3.05) is 26.4 Å². The first kappa shape index (κ1) is 16.6. The summed E-state index contributed by atoms with van der Waals surface area (Å²) in [5.74, 6) is 0.347. The molecular formula is C15H19Cl2NO3. The van der Waals surface area contributed by atoms with E-state index in [0.717, 1.165) is 18.4 Å². The largest absolute Gasteiger partial charge is 0.394 e. The number of hydrogen-bond acceptors (Lipinski definition) is 3. The molecule has 1 amide bonds. The van der Waals surface area contributed by atoms with Crippen molar-refractivity contribution in [3.63, 3.8) is 0 Å². The summed E-state index contributed by atoms with van der Waals surface area (Å²) < 4.78 is 5.13. The van der Waals surface area contributed by atoms with Gasteiger partial charge < -0.3 is 15.2 Å². The van der Waals surface area contributed by atoms with Crippen molar-refractivity contribution in [3.8, 4) is 0 Å². The van der Waals surface area contributed by atoms with E-state index in [2.05, 4.69) is 5.32 Å². The highest BCUT2D eigenvalue weighted by Crippen LogP contribution is 2.48. The van der Waals surface area contributed by atoms with Crippen LogP contribution in [-0.4, -0.2) is 37.4 Å². The Morgan fingerprint density at radius 2 is 2.14 bits per heavy atom. The van der Waals surface area contributed by atoms with Gasteiger partial charge in [0.25, 0.3) is 0 Å². The Bertz CT molecular complexity index is 496. The first-order valence-electron chi connectivity index (χ1n) is 7.04. The van der Waals surface area contributed by atoms with E-state index in [1.54, 1.807) is 6.07 Å². The number of nitrogens with one attached hydrogen (secondary N) is 1. The molecule has 1 saturated carbocycles. The molecule has 0 radical (unpaired) electrons. The second kappa shape index (κ2) is 7.99. The highest BCUT2D eigenvalue weighted by atomic mass is 35.5. The van der Waals surface area contributed by atoms with Crippen LogP contribution >= 0.6 is 23.2 Å². The quantitative estimate of drug-likeness (QED) is 0.720. The molecule has 116 valence electrons. The van der Waals surface area contributed by atoms with Gasteiger partial charge in [0.15, 0.2) is 0 Å². The van der Waals surface area contributed by atoms with Gasteiger partial charge in [-0.3, -0.25) is 4.79 Å². The SMILES string of the molecule is O=C(NCCCOCCO)C1CC1c1ccc(Cl)c(Cl)c1. The van der Waals surface area contributed by atoms with E-state index >= 15 is 0 Å². The summed E-state index contributed by atoms with van der Waals surface area (Å²) in [7, 11) is 0. The minimum absolute atomic E-state index is 0.0275. The van der Waals surface area contributed by atoms with Crippen LogP contribution in [0.15, 0.2) is 18.2 Å². The smallest absolute Gasteiger partial charge is 0.223 e. The van der Waals surface area contributed by atoms with E-state index in [-0.39, 0.29) is 24.3 Å². The molecule has 0 saturated heterocycles. The Hall–Kier alpha value is -0.810. The molecule has 0 bridgehead atoms. The van der Waals surface area contributed by atoms with Crippen molar-refractivity contribution in [2.45, 2.75) is 18.8 Å². The highest BCUT2D eigenvalue weighted by Gasteiger charge is 2.43. The molecule has 1 aromatic rings. The second-order valence-corrected chi connectivity index (χ2v) is 5.92. The van der Waals surface area contributed by atoms with Crippen LogP contribution in [0.2, 0.25) is 10.0 Å². The molecule has 0 aromatic heterocycles. The predicted octanol–water partition coefficient (Wildman–Crippen LogP) is 2.61. The topological polar surface area (TPSA) is 58.6 Å². The third-order valence-corrected chi connectivity index (χ3v) is 4.24. The van der Waals surface area contributed by atoms with Gasteiger partial charge in [-0.15, -0.1) is 0 Å². The van der Waals surface area contributed by atoms with Crippen LogP contribution in [0.25, 0.3) is 0 Å². The lowest BCUT2D eigenvalue weighted by Gasteiger charge is -2.06. The fourth-order valence-electron chi connectivity index (χ4n) is 2.28. The molecule has 0 heterocycles. The van der Waals surface area contributed by atoms with Crippen molar-refractivity contribution >= 4 is 29.1 Å². The molecule has 1 fully saturated rings. The minimum atomic E-state index is 0.0275. The second-order valence-electron chi connectivity index (χ2n) is 5.10. The molecule has 6 heteroatoms. The number of benzene rings is 1. The first-order chi connectivity index (χ1) is 10.1. The number of rotatable bonds is 8. The number of carbonyl (C=O) groups excluding carboxylic acids is 1. The summed E-state index contributed by atoms with van der Waals surface area (Å²) in [5.41, 5.74) is 1.07. The van der Waals surface area contributed by atoms with Gasteiger partial charge in [0.1, 0.15) is 0 Å². The number of aliphatic hydroxyl groups is 1. The van der Waals surface area contributed by atoms with Gasteiger partial charge >= 0.3 is 0 Å². The average Bonchev–Trinajstić information content (AvgIpc) is 3.26. The molecule has 2 atom stereocenters. The molecule has 1 aromatic carbocycles. The van der Waals surface area contributed by atoms with Gasteiger partial charge in [0, 0.05) is 19.1 Å². The van der Waals surface area contributed by atoms with Crippen molar-refractivity contribution in [1.29, 1.82) is 0 Å². The Morgan fingerprint density at radius 1 is 1.33 bits per heavy atom. The van der Waals surface area contributed by atoms with Crippen LogP contribution in [0.3, 0.4) is 0 Å². The summed E-state index contributed by atoms with van der Waals surface area (Å²) in [4.78, 5) is 12.0.